The summed E-state index contributed by atoms with van der Waals surface area (Å²) in [5.74, 6) is 2.04. The van der Waals surface area contributed by atoms with Crippen molar-refractivity contribution in [3.05, 3.63) is 53.6 Å². The van der Waals surface area contributed by atoms with Crippen molar-refractivity contribution in [3.63, 3.8) is 0 Å². The average Bonchev–Trinajstić information content (AvgIpc) is 3.50. The molecule has 0 radical (unpaired) electrons. The van der Waals surface area contributed by atoms with E-state index in [0.29, 0.717) is 6.54 Å². The molecular weight excluding hydrogens is 434 g/mol. The largest absolute Gasteiger partial charge is 0.497 e. The number of carbonyl (C=O) groups is 2. The van der Waals surface area contributed by atoms with Crippen LogP contribution in [-0.2, 0) is 27.2 Å². The van der Waals surface area contributed by atoms with E-state index in [1.54, 1.807) is 14.2 Å². The second kappa shape index (κ2) is 11.0. The van der Waals surface area contributed by atoms with Gasteiger partial charge in [0.05, 0.1) is 20.8 Å². The van der Waals surface area contributed by atoms with E-state index in [2.05, 4.69) is 5.32 Å². The van der Waals surface area contributed by atoms with Crippen molar-refractivity contribution >= 4 is 11.6 Å². The molecule has 0 bridgehead atoms. The minimum absolute atomic E-state index is 0.0830. The highest BCUT2D eigenvalue weighted by Crippen LogP contribution is 2.37. The Hall–Kier alpha value is -2.90. The summed E-state index contributed by atoms with van der Waals surface area (Å²) >= 11 is 0. The van der Waals surface area contributed by atoms with Crippen molar-refractivity contribution in [3.8, 4) is 17.2 Å². The second-order valence-electron chi connectivity index (χ2n) is 8.80. The molecule has 7 nitrogen and oxygen atoms in total. The van der Waals surface area contributed by atoms with Crippen LogP contribution in [0.25, 0.3) is 0 Å². The van der Waals surface area contributed by atoms with E-state index in [9.17, 15) is 9.59 Å². The molecule has 182 valence electrons. The van der Waals surface area contributed by atoms with Crippen molar-refractivity contribution in [1.82, 2.24) is 5.32 Å². The SMILES string of the molecule is COc1cc(CCc2ccccc2OCCOC2(C3CCNC3)C(=O)CCC2=O)cc(OC)c1. The summed E-state index contributed by atoms with van der Waals surface area (Å²) in [5, 5.41) is 3.25. The molecule has 2 aliphatic rings. The highest BCUT2D eigenvalue weighted by atomic mass is 16.5. The van der Waals surface area contributed by atoms with Gasteiger partial charge in [0.25, 0.3) is 0 Å². The smallest absolute Gasteiger partial charge is 0.188 e. The van der Waals surface area contributed by atoms with Gasteiger partial charge in [-0.15, -0.1) is 0 Å². The minimum atomic E-state index is -1.29. The summed E-state index contributed by atoms with van der Waals surface area (Å²) in [7, 11) is 3.29. The van der Waals surface area contributed by atoms with Crippen molar-refractivity contribution in [2.45, 2.75) is 37.7 Å². The number of rotatable bonds is 11. The van der Waals surface area contributed by atoms with Crippen LogP contribution in [0.15, 0.2) is 42.5 Å². The molecule has 0 amide bonds. The van der Waals surface area contributed by atoms with Crippen LogP contribution in [0, 0.1) is 5.92 Å². The third-order valence-corrected chi connectivity index (χ3v) is 6.78. The number of aryl methyl sites for hydroxylation is 2. The van der Waals surface area contributed by atoms with Gasteiger partial charge in [0.2, 0.25) is 0 Å². The van der Waals surface area contributed by atoms with E-state index < -0.39 is 5.60 Å². The molecule has 1 saturated heterocycles. The molecule has 1 saturated carbocycles. The van der Waals surface area contributed by atoms with E-state index in [1.807, 2.05) is 42.5 Å². The summed E-state index contributed by atoms with van der Waals surface area (Å²) in [6, 6.07) is 13.8. The zero-order valence-corrected chi connectivity index (χ0v) is 19.9. The predicted octanol–water partition coefficient (Wildman–Crippen LogP) is 3.16. The number of Topliss-reactive ketones (excluding diaryl/α,β-unsaturated/α-hetero) is 2. The highest BCUT2D eigenvalue weighted by molar-refractivity contribution is 6.16. The number of hydrogen-bond acceptors (Lipinski definition) is 7. The van der Waals surface area contributed by atoms with Crippen LogP contribution >= 0.6 is 0 Å². The van der Waals surface area contributed by atoms with Crippen molar-refractivity contribution in [2.75, 3.05) is 40.5 Å². The standard InChI is InChI=1S/C27H33NO6/c1-31-22-15-19(16-23(17-22)32-2)7-8-20-5-3-4-6-24(20)33-13-14-34-27(21-11-12-28-18-21)25(29)9-10-26(27)30/h3-6,15-17,21,28H,7-14,18H2,1-2H3. The first kappa shape index (κ1) is 24.2. The Labute approximate surface area is 200 Å². The average molecular weight is 468 g/mol. The molecule has 4 rings (SSSR count). The lowest BCUT2D eigenvalue weighted by molar-refractivity contribution is -0.159. The Morgan fingerprint density at radius 2 is 1.65 bits per heavy atom. The molecule has 0 aromatic heterocycles. The van der Waals surface area contributed by atoms with Crippen molar-refractivity contribution < 1.29 is 28.5 Å². The van der Waals surface area contributed by atoms with Crippen LogP contribution in [0.5, 0.6) is 17.2 Å². The molecule has 2 aromatic rings. The molecule has 1 N–H and O–H groups in total. The van der Waals surface area contributed by atoms with Crippen LogP contribution in [0.2, 0.25) is 0 Å². The first-order chi connectivity index (χ1) is 16.6. The third-order valence-electron chi connectivity index (χ3n) is 6.78. The quantitative estimate of drug-likeness (QED) is 0.401. The molecule has 1 heterocycles. The molecular formula is C27H33NO6. The molecule has 0 spiro atoms. The molecule has 2 fully saturated rings. The van der Waals surface area contributed by atoms with Gasteiger partial charge in [-0.05, 0) is 55.1 Å². The van der Waals surface area contributed by atoms with Gasteiger partial charge in [-0.1, -0.05) is 18.2 Å². The second-order valence-corrected chi connectivity index (χ2v) is 8.80. The first-order valence-corrected chi connectivity index (χ1v) is 11.9. The van der Waals surface area contributed by atoms with Crippen molar-refractivity contribution in [1.29, 1.82) is 0 Å². The highest BCUT2D eigenvalue weighted by Gasteiger charge is 2.56. The van der Waals surface area contributed by atoms with Gasteiger partial charge in [-0.2, -0.15) is 0 Å². The lowest BCUT2D eigenvalue weighted by atomic mass is 9.83. The van der Waals surface area contributed by atoms with Gasteiger partial charge < -0.3 is 24.3 Å². The number of methoxy groups -OCH3 is 2. The van der Waals surface area contributed by atoms with Gasteiger partial charge in [0, 0.05) is 31.4 Å². The maximum atomic E-state index is 12.7. The van der Waals surface area contributed by atoms with Crippen LogP contribution < -0.4 is 19.5 Å². The number of carbonyl (C=O) groups excluding carboxylic acids is 2. The fourth-order valence-corrected chi connectivity index (χ4v) is 4.98. The first-order valence-electron chi connectivity index (χ1n) is 11.9. The lowest BCUT2D eigenvalue weighted by Crippen LogP contribution is -2.52. The fourth-order valence-electron chi connectivity index (χ4n) is 4.98. The Kier molecular flexibility index (Phi) is 7.85. The van der Waals surface area contributed by atoms with Crippen LogP contribution in [-0.4, -0.2) is 57.7 Å². The van der Waals surface area contributed by atoms with Gasteiger partial charge in [-0.3, -0.25) is 9.59 Å². The Morgan fingerprint density at radius 3 is 2.29 bits per heavy atom. The van der Waals surface area contributed by atoms with Gasteiger partial charge in [0.15, 0.2) is 17.2 Å². The monoisotopic (exact) mass is 467 g/mol. The number of hydrogen-bond donors (Lipinski definition) is 1. The van der Waals surface area contributed by atoms with E-state index in [-0.39, 0.29) is 43.5 Å². The normalized spacial score (nSPS) is 19.4. The third kappa shape index (κ3) is 5.10. The van der Waals surface area contributed by atoms with E-state index in [4.69, 9.17) is 18.9 Å². The number of ether oxygens (including phenoxy) is 4. The number of para-hydroxylation sites is 1. The molecule has 34 heavy (non-hydrogen) atoms. The lowest BCUT2D eigenvalue weighted by Gasteiger charge is -2.31. The Morgan fingerprint density at radius 1 is 0.941 bits per heavy atom. The topological polar surface area (TPSA) is 83.1 Å². The number of nitrogens with one attached hydrogen (secondary N) is 1. The van der Waals surface area contributed by atoms with Gasteiger partial charge in [0.1, 0.15) is 23.9 Å². The minimum Gasteiger partial charge on any atom is -0.497 e. The van der Waals surface area contributed by atoms with Crippen LogP contribution in [0.1, 0.15) is 30.4 Å². The maximum Gasteiger partial charge on any atom is 0.188 e. The molecule has 1 unspecified atom stereocenters. The van der Waals surface area contributed by atoms with Gasteiger partial charge >= 0.3 is 0 Å². The molecule has 1 aliphatic heterocycles. The molecule has 7 heteroatoms. The van der Waals surface area contributed by atoms with Crippen LogP contribution in [0.4, 0.5) is 0 Å². The number of benzene rings is 2. The fraction of sp³-hybridized carbons (Fsp3) is 0.481. The molecule has 1 atom stereocenters. The molecule has 2 aromatic carbocycles. The Balaban J connectivity index is 1.36. The molecule has 1 aliphatic carbocycles. The van der Waals surface area contributed by atoms with E-state index in [1.165, 1.54) is 0 Å². The summed E-state index contributed by atoms with van der Waals surface area (Å²) < 4.78 is 22.8. The Bertz CT molecular complexity index is 976. The zero-order valence-electron chi connectivity index (χ0n) is 19.9. The number of ketones is 2. The zero-order chi connectivity index (χ0) is 24.0. The van der Waals surface area contributed by atoms with Gasteiger partial charge in [-0.25, -0.2) is 0 Å². The predicted molar refractivity (Wildman–Crippen MR) is 128 cm³/mol. The summed E-state index contributed by atoms with van der Waals surface area (Å²) in [5.41, 5.74) is 0.893. The maximum absolute atomic E-state index is 12.7. The van der Waals surface area contributed by atoms with Crippen molar-refractivity contribution in [2.24, 2.45) is 5.92 Å². The summed E-state index contributed by atoms with van der Waals surface area (Å²) in [4.78, 5) is 25.4. The van der Waals surface area contributed by atoms with Crippen LogP contribution in [0.3, 0.4) is 0 Å². The summed E-state index contributed by atoms with van der Waals surface area (Å²) in [6.45, 7) is 1.90. The summed E-state index contributed by atoms with van der Waals surface area (Å²) in [6.07, 6.45) is 2.89. The van der Waals surface area contributed by atoms with E-state index >= 15 is 0 Å². The van der Waals surface area contributed by atoms with E-state index in [0.717, 1.165) is 54.2 Å².